The van der Waals surface area contributed by atoms with Crippen LogP contribution in [0.25, 0.3) is 0 Å². The Morgan fingerprint density at radius 1 is 1.29 bits per heavy atom. The van der Waals surface area contributed by atoms with E-state index in [4.69, 9.17) is 0 Å². The molecule has 3 nitrogen and oxygen atoms in total. The zero-order valence-corrected chi connectivity index (χ0v) is 10.5. The summed E-state index contributed by atoms with van der Waals surface area (Å²) >= 11 is 0. The third kappa shape index (κ3) is 3.51. The Morgan fingerprint density at radius 2 is 2.00 bits per heavy atom. The normalized spacial score (nSPS) is 25.1. The number of aliphatic hydroxyl groups excluding tert-OH is 1. The van der Waals surface area contributed by atoms with E-state index in [0.29, 0.717) is 6.04 Å². The van der Waals surface area contributed by atoms with Gasteiger partial charge < -0.3 is 10.0 Å². The molecule has 3 heteroatoms. The molecule has 0 bridgehead atoms. The molecular formula is C14H22N2O. The molecule has 0 aliphatic heterocycles. The maximum absolute atomic E-state index is 9.98. The summed E-state index contributed by atoms with van der Waals surface area (Å²) in [5.74, 6) is 0. The lowest BCUT2D eigenvalue weighted by Crippen LogP contribution is -2.44. The van der Waals surface area contributed by atoms with E-state index in [2.05, 4.69) is 29.1 Å². The standard InChI is InChI=1S/C14H22N2O/c1-16(13-4-2-3-5-14(13)17)11-8-12-6-9-15-10-7-12/h6-7,9-10,13-14,17H,2-5,8,11H2,1H3/t13-,14-/m1/s1. The van der Waals surface area contributed by atoms with Crippen molar-refractivity contribution in [2.24, 2.45) is 0 Å². The highest BCUT2D eigenvalue weighted by Crippen LogP contribution is 2.22. The molecule has 1 aromatic heterocycles. The summed E-state index contributed by atoms with van der Waals surface area (Å²) in [6.07, 6.45) is 9.10. The van der Waals surface area contributed by atoms with E-state index in [1.54, 1.807) is 0 Å². The van der Waals surface area contributed by atoms with Crippen LogP contribution in [0.15, 0.2) is 24.5 Å². The molecule has 94 valence electrons. The first-order valence-corrected chi connectivity index (χ1v) is 6.54. The van der Waals surface area contributed by atoms with Crippen molar-refractivity contribution in [1.29, 1.82) is 0 Å². The van der Waals surface area contributed by atoms with Gasteiger partial charge in [-0.15, -0.1) is 0 Å². The van der Waals surface area contributed by atoms with E-state index in [-0.39, 0.29) is 6.10 Å². The minimum absolute atomic E-state index is 0.133. The van der Waals surface area contributed by atoms with Gasteiger partial charge in [-0.3, -0.25) is 4.98 Å². The molecule has 1 aromatic rings. The second kappa shape index (κ2) is 6.12. The number of hydrogen-bond acceptors (Lipinski definition) is 3. The van der Waals surface area contributed by atoms with E-state index >= 15 is 0 Å². The Balaban J connectivity index is 1.82. The topological polar surface area (TPSA) is 36.4 Å². The number of aromatic nitrogens is 1. The van der Waals surface area contributed by atoms with Crippen molar-refractivity contribution >= 4 is 0 Å². The number of rotatable bonds is 4. The first kappa shape index (κ1) is 12.5. The molecule has 0 aromatic carbocycles. The van der Waals surface area contributed by atoms with Crippen molar-refractivity contribution in [3.63, 3.8) is 0 Å². The summed E-state index contributed by atoms with van der Waals surface area (Å²) in [7, 11) is 2.13. The van der Waals surface area contributed by atoms with Crippen LogP contribution >= 0.6 is 0 Å². The largest absolute Gasteiger partial charge is 0.391 e. The van der Waals surface area contributed by atoms with Crippen molar-refractivity contribution in [1.82, 2.24) is 9.88 Å². The van der Waals surface area contributed by atoms with Gasteiger partial charge in [0.1, 0.15) is 0 Å². The molecular weight excluding hydrogens is 212 g/mol. The number of nitrogens with zero attached hydrogens (tertiary/aromatic N) is 2. The van der Waals surface area contributed by atoms with Crippen LogP contribution < -0.4 is 0 Å². The first-order valence-electron chi connectivity index (χ1n) is 6.54. The van der Waals surface area contributed by atoms with Gasteiger partial charge in [0.05, 0.1) is 6.10 Å². The fraction of sp³-hybridized carbons (Fsp3) is 0.643. The fourth-order valence-corrected chi connectivity index (χ4v) is 2.63. The van der Waals surface area contributed by atoms with Crippen molar-refractivity contribution < 1.29 is 5.11 Å². The minimum Gasteiger partial charge on any atom is -0.391 e. The molecule has 1 N–H and O–H groups in total. The Hall–Kier alpha value is -0.930. The summed E-state index contributed by atoms with van der Waals surface area (Å²) < 4.78 is 0. The monoisotopic (exact) mass is 234 g/mol. The minimum atomic E-state index is -0.133. The molecule has 0 unspecified atom stereocenters. The molecule has 1 heterocycles. The lowest BCUT2D eigenvalue weighted by molar-refractivity contribution is 0.0327. The number of aliphatic hydroxyl groups is 1. The predicted octanol–water partition coefficient (Wildman–Crippen LogP) is 1.86. The van der Waals surface area contributed by atoms with Gasteiger partial charge in [-0.05, 0) is 44.0 Å². The van der Waals surface area contributed by atoms with Gasteiger partial charge in [0.15, 0.2) is 0 Å². The van der Waals surface area contributed by atoms with Crippen LogP contribution in [-0.4, -0.2) is 40.7 Å². The first-order chi connectivity index (χ1) is 8.27. The highest BCUT2D eigenvalue weighted by atomic mass is 16.3. The van der Waals surface area contributed by atoms with Crippen LogP contribution in [0.5, 0.6) is 0 Å². The van der Waals surface area contributed by atoms with Crippen LogP contribution in [0.1, 0.15) is 31.2 Å². The molecule has 1 aliphatic carbocycles. The van der Waals surface area contributed by atoms with E-state index in [0.717, 1.165) is 25.8 Å². The summed E-state index contributed by atoms with van der Waals surface area (Å²) in [6.45, 7) is 1.01. The van der Waals surface area contributed by atoms with Gasteiger partial charge >= 0.3 is 0 Å². The van der Waals surface area contributed by atoms with Crippen molar-refractivity contribution in [2.75, 3.05) is 13.6 Å². The second-order valence-electron chi connectivity index (χ2n) is 5.01. The van der Waals surface area contributed by atoms with Gasteiger partial charge in [0.2, 0.25) is 0 Å². The summed E-state index contributed by atoms with van der Waals surface area (Å²) in [6, 6.07) is 4.47. The number of hydrogen-bond donors (Lipinski definition) is 1. The van der Waals surface area contributed by atoms with Crippen LogP contribution in [0.4, 0.5) is 0 Å². The Bertz CT molecular complexity index is 328. The van der Waals surface area contributed by atoms with Gasteiger partial charge in [-0.1, -0.05) is 12.8 Å². The van der Waals surface area contributed by atoms with Crippen LogP contribution in [0, 0.1) is 0 Å². The molecule has 1 aliphatic rings. The fourth-order valence-electron chi connectivity index (χ4n) is 2.63. The third-order valence-corrected chi connectivity index (χ3v) is 3.76. The molecule has 0 spiro atoms. The highest BCUT2D eigenvalue weighted by molar-refractivity contribution is 5.10. The van der Waals surface area contributed by atoms with Crippen molar-refractivity contribution in [2.45, 2.75) is 44.2 Å². The molecule has 2 atom stereocenters. The van der Waals surface area contributed by atoms with Gasteiger partial charge in [-0.2, -0.15) is 0 Å². The molecule has 1 saturated carbocycles. The number of pyridine rings is 1. The smallest absolute Gasteiger partial charge is 0.0695 e. The average molecular weight is 234 g/mol. The quantitative estimate of drug-likeness (QED) is 0.864. The molecule has 2 rings (SSSR count). The van der Waals surface area contributed by atoms with Gasteiger partial charge in [-0.25, -0.2) is 0 Å². The summed E-state index contributed by atoms with van der Waals surface area (Å²) in [4.78, 5) is 6.33. The number of likely N-dealkylation sites (N-methyl/N-ethyl adjacent to an activating group) is 1. The Kier molecular flexibility index (Phi) is 4.51. The Labute approximate surface area is 103 Å². The predicted molar refractivity (Wildman–Crippen MR) is 68.8 cm³/mol. The molecule has 17 heavy (non-hydrogen) atoms. The lowest BCUT2D eigenvalue weighted by atomic mass is 9.91. The SMILES string of the molecule is CN(CCc1ccncc1)[C@@H]1CCCC[C@H]1O. The zero-order chi connectivity index (χ0) is 12.1. The maximum Gasteiger partial charge on any atom is 0.0695 e. The van der Waals surface area contributed by atoms with Crippen molar-refractivity contribution in [3.8, 4) is 0 Å². The Morgan fingerprint density at radius 3 is 2.71 bits per heavy atom. The summed E-state index contributed by atoms with van der Waals surface area (Å²) in [5, 5.41) is 9.98. The molecule has 0 amide bonds. The molecule has 0 radical (unpaired) electrons. The molecule has 0 saturated heterocycles. The van der Waals surface area contributed by atoms with E-state index in [1.165, 1.54) is 18.4 Å². The average Bonchev–Trinajstić information content (AvgIpc) is 2.38. The lowest BCUT2D eigenvalue weighted by Gasteiger charge is -2.35. The van der Waals surface area contributed by atoms with Gasteiger partial charge in [0.25, 0.3) is 0 Å². The van der Waals surface area contributed by atoms with Gasteiger partial charge in [0, 0.05) is 25.0 Å². The maximum atomic E-state index is 9.98. The summed E-state index contributed by atoms with van der Waals surface area (Å²) in [5.41, 5.74) is 1.32. The molecule has 1 fully saturated rings. The second-order valence-corrected chi connectivity index (χ2v) is 5.01. The highest BCUT2D eigenvalue weighted by Gasteiger charge is 2.25. The van der Waals surface area contributed by atoms with Crippen LogP contribution in [-0.2, 0) is 6.42 Å². The zero-order valence-electron chi connectivity index (χ0n) is 10.5. The van der Waals surface area contributed by atoms with E-state index < -0.39 is 0 Å². The van der Waals surface area contributed by atoms with Crippen LogP contribution in [0.3, 0.4) is 0 Å². The van der Waals surface area contributed by atoms with E-state index in [1.807, 2.05) is 12.4 Å². The van der Waals surface area contributed by atoms with E-state index in [9.17, 15) is 5.11 Å². The van der Waals surface area contributed by atoms with Crippen molar-refractivity contribution in [3.05, 3.63) is 30.1 Å². The third-order valence-electron chi connectivity index (χ3n) is 3.76. The van der Waals surface area contributed by atoms with Crippen LogP contribution in [0.2, 0.25) is 0 Å².